The predicted molar refractivity (Wildman–Crippen MR) is 84.0 cm³/mol. The molecule has 0 aromatic heterocycles. The second kappa shape index (κ2) is 6.10. The van der Waals surface area contributed by atoms with Gasteiger partial charge in [-0.05, 0) is 37.1 Å². The lowest BCUT2D eigenvalue weighted by Gasteiger charge is -2.15. The van der Waals surface area contributed by atoms with Crippen molar-refractivity contribution in [1.29, 1.82) is 0 Å². The van der Waals surface area contributed by atoms with E-state index in [1.807, 2.05) is 56.3 Å². The number of carbonyl (C=O) groups is 1. The molecule has 3 rings (SSSR count). The van der Waals surface area contributed by atoms with Crippen molar-refractivity contribution in [3.05, 3.63) is 59.2 Å². The van der Waals surface area contributed by atoms with Crippen molar-refractivity contribution in [2.45, 2.75) is 26.3 Å². The number of benzene rings is 2. The van der Waals surface area contributed by atoms with Crippen LogP contribution in [0.1, 0.15) is 29.7 Å². The van der Waals surface area contributed by atoms with Crippen LogP contribution in [0.4, 0.5) is 0 Å². The number of hydrogen-bond donors (Lipinski definition) is 1. The molecule has 0 bridgehead atoms. The maximum atomic E-state index is 12.1. The van der Waals surface area contributed by atoms with Gasteiger partial charge < -0.3 is 14.8 Å². The van der Waals surface area contributed by atoms with Crippen molar-refractivity contribution in [2.24, 2.45) is 0 Å². The summed E-state index contributed by atoms with van der Waals surface area (Å²) in [5.74, 6) is 1.49. The minimum atomic E-state index is -0.0764. The summed E-state index contributed by atoms with van der Waals surface area (Å²) in [5, 5.41) is 3.02. The van der Waals surface area contributed by atoms with Crippen LogP contribution < -0.4 is 14.8 Å². The van der Waals surface area contributed by atoms with E-state index in [4.69, 9.17) is 9.47 Å². The Morgan fingerprint density at radius 1 is 1.14 bits per heavy atom. The zero-order chi connectivity index (χ0) is 15.5. The average Bonchev–Trinajstić information content (AvgIpc) is 2.97. The molecule has 0 aliphatic carbocycles. The Morgan fingerprint density at radius 2 is 1.86 bits per heavy atom. The van der Waals surface area contributed by atoms with Crippen LogP contribution in [0.5, 0.6) is 11.5 Å². The van der Waals surface area contributed by atoms with Crippen molar-refractivity contribution in [3.8, 4) is 11.5 Å². The third kappa shape index (κ3) is 3.22. The summed E-state index contributed by atoms with van der Waals surface area (Å²) in [5.41, 5.74) is 3.21. The largest absolute Gasteiger partial charge is 0.454 e. The predicted octanol–water partition coefficient (Wildman–Crippen LogP) is 3.14. The molecule has 1 heterocycles. The number of aryl methyl sites for hydroxylation is 1. The summed E-state index contributed by atoms with van der Waals surface area (Å²) >= 11 is 0. The molecule has 1 atom stereocenters. The van der Waals surface area contributed by atoms with Crippen molar-refractivity contribution < 1.29 is 14.3 Å². The molecule has 2 aromatic rings. The van der Waals surface area contributed by atoms with E-state index in [2.05, 4.69) is 5.32 Å². The highest BCUT2D eigenvalue weighted by atomic mass is 16.7. The van der Waals surface area contributed by atoms with Gasteiger partial charge in [-0.2, -0.15) is 0 Å². The van der Waals surface area contributed by atoms with E-state index in [-0.39, 0.29) is 18.7 Å². The maximum absolute atomic E-state index is 12.1. The van der Waals surface area contributed by atoms with E-state index in [9.17, 15) is 4.79 Å². The van der Waals surface area contributed by atoms with Gasteiger partial charge in [0.2, 0.25) is 12.7 Å². The highest BCUT2D eigenvalue weighted by molar-refractivity contribution is 5.79. The zero-order valence-corrected chi connectivity index (χ0v) is 12.8. The van der Waals surface area contributed by atoms with Crippen LogP contribution in [0.3, 0.4) is 0 Å². The van der Waals surface area contributed by atoms with Gasteiger partial charge in [-0.3, -0.25) is 4.79 Å². The summed E-state index contributed by atoms with van der Waals surface area (Å²) in [7, 11) is 0. The normalized spacial score (nSPS) is 13.7. The lowest BCUT2D eigenvalue weighted by Crippen LogP contribution is -2.28. The van der Waals surface area contributed by atoms with Crippen molar-refractivity contribution in [3.63, 3.8) is 0 Å². The Hall–Kier alpha value is -2.49. The monoisotopic (exact) mass is 297 g/mol. The topological polar surface area (TPSA) is 47.6 Å². The molecule has 0 fully saturated rings. The fourth-order valence-corrected chi connectivity index (χ4v) is 2.45. The van der Waals surface area contributed by atoms with Crippen LogP contribution in [0.15, 0.2) is 42.5 Å². The molecular formula is C18H19NO3. The van der Waals surface area contributed by atoms with Crippen LogP contribution in [0.2, 0.25) is 0 Å². The molecule has 0 saturated heterocycles. The van der Waals surface area contributed by atoms with Crippen molar-refractivity contribution in [2.75, 3.05) is 6.79 Å². The number of carbonyl (C=O) groups excluding carboxylic acids is 1. The molecule has 1 aliphatic heterocycles. The van der Waals surface area contributed by atoms with E-state index in [1.54, 1.807) is 0 Å². The van der Waals surface area contributed by atoms with Gasteiger partial charge >= 0.3 is 0 Å². The molecular weight excluding hydrogens is 278 g/mol. The van der Waals surface area contributed by atoms with Crippen LogP contribution in [0, 0.1) is 6.92 Å². The first-order valence-electron chi connectivity index (χ1n) is 7.36. The first-order chi connectivity index (χ1) is 10.6. The standard InChI is InChI=1S/C18H19NO3/c1-12-3-5-14(6-4-12)9-18(20)19-13(2)15-7-8-16-17(10-15)22-11-21-16/h3-8,10,13H,9,11H2,1-2H3,(H,19,20). The number of fused-ring (bicyclic) bond motifs is 1. The Kier molecular flexibility index (Phi) is 4.00. The number of amides is 1. The SMILES string of the molecule is Cc1ccc(CC(=O)NC(C)c2ccc3c(c2)OCO3)cc1. The van der Waals surface area contributed by atoms with Gasteiger partial charge in [0.1, 0.15) is 0 Å². The summed E-state index contributed by atoms with van der Waals surface area (Å²) in [6, 6.07) is 13.7. The highest BCUT2D eigenvalue weighted by Crippen LogP contribution is 2.34. The highest BCUT2D eigenvalue weighted by Gasteiger charge is 2.16. The molecule has 22 heavy (non-hydrogen) atoms. The van der Waals surface area contributed by atoms with Crippen molar-refractivity contribution >= 4 is 5.91 Å². The minimum Gasteiger partial charge on any atom is -0.454 e. The maximum Gasteiger partial charge on any atom is 0.231 e. The van der Waals surface area contributed by atoms with Crippen LogP contribution >= 0.6 is 0 Å². The molecule has 4 nitrogen and oxygen atoms in total. The number of hydrogen-bond acceptors (Lipinski definition) is 3. The van der Waals surface area contributed by atoms with Gasteiger partial charge in [0.15, 0.2) is 11.5 Å². The minimum absolute atomic E-state index is 0.00835. The van der Waals surface area contributed by atoms with Gasteiger partial charge in [0.05, 0.1) is 12.5 Å². The summed E-state index contributed by atoms with van der Waals surface area (Å²) in [4.78, 5) is 12.1. The summed E-state index contributed by atoms with van der Waals surface area (Å²) in [6.07, 6.45) is 0.384. The second-order valence-electron chi connectivity index (χ2n) is 5.56. The number of nitrogens with one attached hydrogen (secondary N) is 1. The Balaban J connectivity index is 1.62. The van der Waals surface area contributed by atoms with E-state index in [1.165, 1.54) is 5.56 Å². The van der Waals surface area contributed by atoms with Gasteiger partial charge in [-0.15, -0.1) is 0 Å². The molecule has 4 heteroatoms. The summed E-state index contributed by atoms with van der Waals surface area (Å²) < 4.78 is 10.7. The van der Waals surface area contributed by atoms with E-state index < -0.39 is 0 Å². The van der Waals surface area contributed by atoms with Gasteiger partial charge in [-0.1, -0.05) is 35.9 Å². The molecule has 0 saturated carbocycles. The molecule has 114 valence electrons. The third-order valence-corrected chi connectivity index (χ3v) is 3.76. The van der Waals surface area contributed by atoms with Crippen LogP contribution in [-0.4, -0.2) is 12.7 Å². The Bertz CT molecular complexity index is 679. The van der Waals surface area contributed by atoms with Gasteiger partial charge in [0.25, 0.3) is 0 Å². The smallest absolute Gasteiger partial charge is 0.231 e. The molecule has 1 unspecified atom stereocenters. The van der Waals surface area contributed by atoms with Crippen LogP contribution in [-0.2, 0) is 11.2 Å². The molecule has 1 aliphatic rings. The summed E-state index contributed by atoms with van der Waals surface area (Å²) in [6.45, 7) is 4.25. The molecule has 0 radical (unpaired) electrons. The molecule has 2 aromatic carbocycles. The fraction of sp³-hybridized carbons (Fsp3) is 0.278. The van der Waals surface area contributed by atoms with E-state index in [0.717, 1.165) is 22.6 Å². The molecule has 0 spiro atoms. The van der Waals surface area contributed by atoms with Gasteiger partial charge in [-0.25, -0.2) is 0 Å². The third-order valence-electron chi connectivity index (χ3n) is 3.76. The van der Waals surface area contributed by atoms with Crippen LogP contribution in [0.25, 0.3) is 0 Å². The number of ether oxygens (including phenoxy) is 2. The number of rotatable bonds is 4. The lowest BCUT2D eigenvalue weighted by molar-refractivity contribution is -0.121. The fourth-order valence-electron chi connectivity index (χ4n) is 2.45. The molecule has 1 N–H and O–H groups in total. The first kappa shape index (κ1) is 14.4. The quantitative estimate of drug-likeness (QED) is 0.943. The van der Waals surface area contributed by atoms with Crippen molar-refractivity contribution in [1.82, 2.24) is 5.32 Å². The zero-order valence-electron chi connectivity index (χ0n) is 12.8. The van der Waals surface area contributed by atoms with Gasteiger partial charge in [0, 0.05) is 0 Å². The average molecular weight is 297 g/mol. The first-order valence-corrected chi connectivity index (χ1v) is 7.36. The second-order valence-corrected chi connectivity index (χ2v) is 5.56. The molecule has 1 amide bonds. The Morgan fingerprint density at radius 3 is 2.64 bits per heavy atom. The van der Waals surface area contributed by atoms with E-state index >= 15 is 0 Å². The Labute approximate surface area is 130 Å². The van der Waals surface area contributed by atoms with E-state index in [0.29, 0.717) is 6.42 Å². The lowest BCUT2D eigenvalue weighted by atomic mass is 10.1.